The van der Waals surface area contributed by atoms with Crippen molar-refractivity contribution in [2.45, 2.75) is 6.92 Å². The second kappa shape index (κ2) is 6.26. The predicted molar refractivity (Wildman–Crippen MR) is 73.9 cm³/mol. The van der Waals surface area contributed by atoms with Crippen molar-refractivity contribution in [3.8, 4) is 5.75 Å². The summed E-state index contributed by atoms with van der Waals surface area (Å²) in [6.45, 7) is 2.53. The van der Waals surface area contributed by atoms with Crippen molar-refractivity contribution in [3.63, 3.8) is 0 Å². The third-order valence-corrected chi connectivity index (χ3v) is 3.12. The van der Waals surface area contributed by atoms with Crippen LogP contribution in [-0.2, 0) is 0 Å². The summed E-state index contributed by atoms with van der Waals surface area (Å²) in [7, 11) is 0. The zero-order valence-electron chi connectivity index (χ0n) is 10.1. The molecule has 0 N–H and O–H groups in total. The van der Waals surface area contributed by atoms with E-state index in [2.05, 4.69) is 11.9 Å². The summed E-state index contributed by atoms with van der Waals surface area (Å²) in [4.78, 5) is 17.6. The van der Waals surface area contributed by atoms with E-state index in [0.29, 0.717) is 12.3 Å². The van der Waals surface area contributed by atoms with E-state index in [9.17, 15) is 4.79 Å². The van der Waals surface area contributed by atoms with Crippen LogP contribution in [0.15, 0.2) is 47.7 Å². The summed E-state index contributed by atoms with van der Waals surface area (Å²) < 4.78 is 5.25. The number of para-hydroxylation sites is 1. The van der Waals surface area contributed by atoms with Gasteiger partial charge in [0.25, 0.3) is 0 Å². The van der Waals surface area contributed by atoms with Crippen LogP contribution in [0.1, 0.15) is 6.92 Å². The summed E-state index contributed by atoms with van der Waals surface area (Å²) in [6, 6.07) is 9.03. The predicted octanol–water partition coefficient (Wildman–Crippen LogP) is 3.12. The Bertz CT molecular complexity index is 471. The molecule has 1 aromatic carbocycles. The standard InChI is InChI=1S/C13H14N2O2S/c1-2-18-12-10-15(9-8-14-12)13(16)17-11-6-4-3-5-7-11/h3-9H,2,10H2,1H3. The van der Waals surface area contributed by atoms with Gasteiger partial charge in [0.1, 0.15) is 5.75 Å². The molecule has 5 heteroatoms. The van der Waals surface area contributed by atoms with Crippen LogP contribution in [-0.4, -0.2) is 28.3 Å². The van der Waals surface area contributed by atoms with Gasteiger partial charge < -0.3 is 4.74 Å². The number of thioether (sulfide) groups is 1. The summed E-state index contributed by atoms with van der Waals surface area (Å²) in [5.41, 5.74) is 0. The Labute approximate surface area is 110 Å². The minimum absolute atomic E-state index is 0.387. The van der Waals surface area contributed by atoms with E-state index in [1.54, 1.807) is 36.3 Å². The van der Waals surface area contributed by atoms with E-state index in [1.807, 2.05) is 18.2 Å². The molecule has 0 fully saturated rings. The van der Waals surface area contributed by atoms with E-state index < -0.39 is 0 Å². The lowest BCUT2D eigenvalue weighted by molar-refractivity contribution is 0.174. The first kappa shape index (κ1) is 12.7. The number of carbonyl (C=O) groups excluding carboxylic acids is 1. The molecule has 1 aromatic rings. The number of rotatable bonds is 2. The monoisotopic (exact) mass is 262 g/mol. The molecule has 0 radical (unpaired) electrons. The van der Waals surface area contributed by atoms with Crippen molar-refractivity contribution in [3.05, 3.63) is 42.7 Å². The molecule has 0 saturated heterocycles. The minimum atomic E-state index is -0.387. The fraction of sp³-hybridized carbons (Fsp3) is 0.231. The smallest absolute Gasteiger partial charge is 0.410 e. The van der Waals surface area contributed by atoms with Crippen LogP contribution in [0.25, 0.3) is 0 Å². The second-order valence-electron chi connectivity index (χ2n) is 3.56. The number of hydrogen-bond donors (Lipinski definition) is 0. The summed E-state index contributed by atoms with van der Waals surface area (Å²) in [6.07, 6.45) is 2.86. The van der Waals surface area contributed by atoms with Gasteiger partial charge in [0.2, 0.25) is 0 Å². The normalized spacial score (nSPS) is 14.3. The number of aliphatic imine (C=N–C) groups is 1. The van der Waals surface area contributed by atoms with E-state index >= 15 is 0 Å². The minimum Gasteiger partial charge on any atom is -0.410 e. The third kappa shape index (κ3) is 3.37. The highest BCUT2D eigenvalue weighted by Gasteiger charge is 2.17. The van der Waals surface area contributed by atoms with Crippen LogP contribution in [0.3, 0.4) is 0 Å². The molecule has 18 heavy (non-hydrogen) atoms. The molecule has 0 aromatic heterocycles. The molecular weight excluding hydrogens is 248 g/mol. The van der Waals surface area contributed by atoms with Crippen molar-refractivity contribution in [2.24, 2.45) is 4.99 Å². The lowest BCUT2D eigenvalue weighted by Gasteiger charge is -2.20. The number of carbonyl (C=O) groups is 1. The zero-order chi connectivity index (χ0) is 12.8. The van der Waals surface area contributed by atoms with E-state index in [1.165, 1.54) is 4.90 Å². The third-order valence-electron chi connectivity index (χ3n) is 2.26. The second-order valence-corrected chi connectivity index (χ2v) is 4.90. The summed E-state index contributed by atoms with van der Waals surface area (Å²) >= 11 is 1.63. The molecule has 0 spiro atoms. The number of nitrogens with zero attached hydrogens (tertiary/aromatic N) is 2. The quantitative estimate of drug-likeness (QED) is 0.822. The number of benzene rings is 1. The number of ether oxygens (including phenoxy) is 1. The highest BCUT2D eigenvalue weighted by atomic mass is 32.2. The molecule has 1 heterocycles. The average molecular weight is 262 g/mol. The molecule has 94 valence electrons. The van der Waals surface area contributed by atoms with Crippen LogP contribution in [0.2, 0.25) is 0 Å². The molecule has 0 bridgehead atoms. The lowest BCUT2D eigenvalue weighted by Crippen LogP contribution is -2.34. The molecule has 2 rings (SSSR count). The fourth-order valence-corrected chi connectivity index (χ4v) is 2.16. The topological polar surface area (TPSA) is 41.9 Å². The van der Waals surface area contributed by atoms with E-state index in [4.69, 9.17) is 4.74 Å². The van der Waals surface area contributed by atoms with Crippen molar-refractivity contribution < 1.29 is 9.53 Å². The van der Waals surface area contributed by atoms with Crippen molar-refractivity contribution in [1.82, 2.24) is 4.90 Å². The van der Waals surface area contributed by atoms with Gasteiger partial charge in [0.05, 0.1) is 11.6 Å². The van der Waals surface area contributed by atoms with Gasteiger partial charge >= 0.3 is 6.09 Å². The Kier molecular flexibility index (Phi) is 4.41. The van der Waals surface area contributed by atoms with Gasteiger partial charge in [-0.3, -0.25) is 9.89 Å². The lowest BCUT2D eigenvalue weighted by atomic mass is 10.3. The molecule has 4 nitrogen and oxygen atoms in total. The van der Waals surface area contributed by atoms with Crippen LogP contribution in [0.5, 0.6) is 5.75 Å². The van der Waals surface area contributed by atoms with Gasteiger partial charge in [-0.15, -0.1) is 11.8 Å². The first-order valence-corrected chi connectivity index (χ1v) is 6.68. The molecule has 0 saturated carbocycles. The van der Waals surface area contributed by atoms with Gasteiger partial charge in [-0.2, -0.15) is 0 Å². The van der Waals surface area contributed by atoms with Crippen molar-refractivity contribution in [2.75, 3.05) is 12.3 Å². The maximum Gasteiger partial charge on any atom is 0.419 e. The Morgan fingerprint density at radius 3 is 2.94 bits per heavy atom. The van der Waals surface area contributed by atoms with Gasteiger partial charge in [-0.25, -0.2) is 4.79 Å². The highest BCUT2D eigenvalue weighted by molar-refractivity contribution is 8.14. The SMILES string of the molecule is CCSC1=NC=CN(C(=O)Oc2ccccc2)C1. The van der Waals surface area contributed by atoms with E-state index in [-0.39, 0.29) is 6.09 Å². The van der Waals surface area contributed by atoms with E-state index in [0.717, 1.165) is 10.8 Å². The Balaban J connectivity index is 1.95. The largest absolute Gasteiger partial charge is 0.419 e. The van der Waals surface area contributed by atoms with Gasteiger partial charge in [-0.05, 0) is 17.9 Å². The summed E-state index contributed by atoms with van der Waals surface area (Å²) in [5, 5.41) is 0.921. The maximum atomic E-state index is 11.9. The van der Waals surface area contributed by atoms with Gasteiger partial charge in [-0.1, -0.05) is 25.1 Å². The Hall–Kier alpha value is -1.75. The highest BCUT2D eigenvalue weighted by Crippen LogP contribution is 2.14. The molecule has 1 aliphatic rings. The zero-order valence-corrected chi connectivity index (χ0v) is 10.9. The van der Waals surface area contributed by atoms with Crippen LogP contribution >= 0.6 is 11.8 Å². The Morgan fingerprint density at radius 2 is 2.22 bits per heavy atom. The fourth-order valence-electron chi connectivity index (χ4n) is 1.46. The van der Waals surface area contributed by atoms with Crippen LogP contribution in [0.4, 0.5) is 4.79 Å². The molecule has 1 amide bonds. The van der Waals surface area contributed by atoms with Crippen molar-refractivity contribution in [1.29, 1.82) is 0 Å². The first-order valence-electron chi connectivity index (χ1n) is 5.69. The van der Waals surface area contributed by atoms with Gasteiger partial charge in [0.15, 0.2) is 0 Å². The molecule has 1 aliphatic heterocycles. The maximum absolute atomic E-state index is 11.9. The van der Waals surface area contributed by atoms with Crippen LogP contribution in [0, 0.1) is 0 Å². The van der Waals surface area contributed by atoms with Crippen molar-refractivity contribution >= 4 is 22.9 Å². The number of amides is 1. The Morgan fingerprint density at radius 1 is 1.44 bits per heavy atom. The molecule has 0 unspecified atom stereocenters. The average Bonchev–Trinajstić information content (AvgIpc) is 2.40. The van der Waals surface area contributed by atoms with Crippen LogP contribution < -0.4 is 4.74 Å². The molecule has 0 aliphatic carbocycles. The summed E-state index contributed by atoms with van der Waals surface area (Å²) in [5.74, 6) is 1.48. The van der Waals surface area contributed by atoms with Gasteiger partial charge in [0, 0.05) is 12.4 Å². The molecular formula is C13H14N2O2S. The first-order chi connectivity index (χ1) is 8.79. The number of hydrogen-bond acceptors (Lipinski definition) is 4. The molecule has 0 atom stereocenters.